The van der Waals surface area contributed by atoms with E-state index in [9.17, 15) is 9.59 Å². The predicted molar refractivity (Wildman–Crippen MR) is 101 cm³/mol. The summed E-state index contributed by atoms with van der Waals surface area (Å²) in [5, 5.41) is 8.57. The summed E-state index contributed by atoms with van der Waals surface area (Å²) < 4.78 is 1.66. The number of carbonyl (C=O) groups excluding carboxylic acids is 2. The van der Waals surface area contributed by atoms with E-state index >= 15 is 0 Å². The Kier molecular flexibility index (Phi) is 4.45. The van der Waals surface area contributed by atoms with E-state index in [-0.39, 0.29) is 5.91 Å². The molecule has 1 aliphatic heterocycles. The number of aromatic nitrogens is 4. The quantitative estimate of drug-likeness (QED) is 0.716. The van der Waals surface area contributed by atoms with Crippen molar-refractivity contribution in [1.82, 2.24) is 24.9 Å². The SMILES string of the molecule is NC(=O)c1cc2ccc(C3=CCCN(C(=O)CCn4ccnn4)C3)cc2[nH]1. The van der Waals surface area contributed by atoms with E-state index < -0.39 is 5.91 Å². The van der Waals surface area contributed by atoms with Gasteiger partial charge in [-0.05, 0) is 29.7 Å². The van der Waals surface area contributed by atoms with Gasteiger partial charge in [0.1, 0.15) is 5.69 Å². The molecule has 3 heterocycles. The summed E-state index contributed by atoms with van der Waals surface area (Å²) in [5.74, 6) is -0.373. The Morgan fingerprint density at radius 2 is 2.15 bits per heavy atom. The van der Waals surface area contributed by atoms with Crippen LogP contribution in [0.25, 0.3) is 16.5 Å². The van der Waals surface area contributed by atoms with Crippen LogP contribution in [0.5, 0.6) is 0 Å². The predicted octanol–water partition coefficient (Wildman–Crippen LogP) is 1.56. The second kappa shape index (κ2) is 7.06. The summed E-state index contributed by atoms with van der Waals surface area (Å²) in [6, 6.07) is 7.71. The molecule has 0 unspecified atom stereocenters. The molecule has 0 radical (unpaired) electrons. The number of fused-ring (bicyclic) bond motifs is 1. The van der Waals surface area contributed by atoms with Gasteiger partial charge in [-0.3, -0.25) is 14.3 Å². The van der Waals surface area contributed by atoms with E-state index in [0.717, 1.165) is 35.0 Å². The molecule has 2 aromatic heterocycles. The lowest BCUT2D eigenvalue weighted by molar-refractivity contribution is -0.131. The van der Waals surface area contributed by atoms with E-state index in [0.29, 0.717) is 25.2 Å². The summed E-state index contributed by atoms with van der Waals surface area (Å²) in [6.45, 7) is 1.82. The number of hydrogen-bond acceptors (Lipinski definition) is 4. The van der Waals surface area contributed by atoms with Gasteiger partial charge in [-0.15, -0.1) is 5.10 Å². The molecule has 3 N–H and O–H groups in total. The standard InChI is InChI=1S/C19H20N6O2/c20-19(27)17-11-14-4-3-13(10-16(14)22-17)15-2-1-7-24(12-15)18(26)5-8-25-9-6-21-23-25/h2-4,6,9-11,22H,1,5,7-8,12H2,(H2,20,27). The number of nitrogens with one attached hydrogen (secondary N) is 1. The average molecular weight is 364 g/mol. The lowest BCUT2D eigenvalue weighted by Crippen LogP contribution is -2.35. The number of hydrogen-bond donors (Lipinski definition) is 2. The third-order valence-corrected chi connectivity index (χ3v) is 4.79. The number of amides is 2. The van der Waals surface area contributed by atoms with E-state index in [1.807, 2.05) is 23.1 Å². The van der Waals surface area contributed by atoms with Crippen LogP contribution in [0.15, 0.2) is 42.7 Å². The van der Waals surface area contributed by atoms with Crippen molar-refractivity contribution in [2.24, 2.45) is 5.73 Å². The maximum absolute atomic E-state index is 12.5. The normalized spacial score (nSPS) is 14.4. The summed E-state index contributed by atoms with van der Waals surface area (Å²) in [4.78, 5) is 28.8. The summed E-state index contributed by atoms with van der Waals surface area (Å²) in [6.07, 6.45) is 6.74. The Hall–Kier alpha value is -3.42. The Morgan fingerprint density at radius 3 is 2.93 bits per heavy atom. The van der Waals surface area contributed by atoms with Crippen LogP contribution in [-0.4, -0.2) is 49.8 Å². The molecule has 0 fully saturated rings. The number of nitrogens with zero attached hydrogens (tertiary/aromatic N) is 4. The first-order valence-electron chi connectivity index (χ1n) is 8.84. The topological polar surface area (TPSA) is 110 Å². The maximum Gasteiger partial charge on any atom is 0.265 e. The number of carbonyl (C=O) groups is 2. The van der Waals surface area contributed by atoms with Crippen LogP contribution in [0.1, 0.15) is 28.9 Å². The molecule has 1 aliphatic rings. The zero-order valence-corrected chi connectivity index (χ0v) is 14.8. The summed E-state index contributed by atoms with van der Waals surface area (Å²) >= 11 is 0. The van der Waals surface area contributed by atoms with Crippen LogP contribution in [-0.2, 0) is 11.3 Å². The van der Waals surface area contributed by atoms with Gasteiger partial charge in [-0.1, -0.05) is 23.4 Å². The van der Waals surface area contributed by atoms with Gasteiger partial charge >= 0.3 is 0 Å². The molecule has 8 nitrogen and oxygen atoms in total. The summed E-state index contributed by atoms with van der Waals surface area (Å²) in [5.41, 5.74) is 8.73. The second-order valence-electron chi connectivity index (χ2n) is 6.60. The Bertz CT molecular complexity index is 1020. The van der Waals surface area contributed by atoms with Crippen LogP contribution in [0.3, 0.4) is 0 Å². The summed E-state index contributed by atoms with van der Waals surface area (Å²) in [7, 11) is 0. The Balaban J connectivity index is 1.47. The molecule has 8 heteroatoms. The molecule has 0 atom stereocenters. The molecule has 4 rings (SSSR count). The fourth-order valence-electron chi connectivity index (χ4n) is 3.35. The average Bonchev–Trinajstić information content (AvgIpc) is 3.35. The van der Waals surface area contributed by atoms with Crippen molar-refractivity contribution in [3.05, 3.63) is 54.0 Å². The number of benzene rings is 1. The van der Waals surface area contributed by atoms with Crippen LogP contribution >= 0.6 is 0 Å². The number of aryl methyl sites for hydroxylation is 1. The lowest BCUT2D eigenvalue weighted by Gasteiger charge is -2.27. The Morgan fingerprint density at radius 1 is 1.26 bits per heavy atom. The largest absolute Gasteiger partial charge is 0.364 e. The molecule has 2 amide bonds. The van der Waals surface area contributed by atoms with Crippen molar-refractivity contribution in [3.8, 4) is 0 Å². The van der Waals surface area contributed by atoms with Crippen LogP contribution in [0.2, 0.25) is 0 Å². The zero-order chi connectivity index (χ0) is 18.8. The first-order chi connectivity index (χ1) is 13.1. The van der Waals surface area contributed by atoms with Gasteiger partial charge in [0, 0.05) is 36.6 Å². The van der Waals surface area contributed by atoms with E-state index in [1.54, 1.807) is 23.1 Å². The molecule has 27 heavy (non-hydrogen) atoms. The maximum atomic E-state index is 12.5. The van der Waals surface area contributed by atoms with Gasteiger partial charge in [0.15, 0.2) is 0 Å². The van der Waals surface area contributed by atoms with Gasteiger partial charge in [0.2, 0.25) is 5.91 Å². The third kappa shape index (κ3) is 3.59. The minimum absolute atomic E-state index is 0.105. The van der Waals surface area contributed by atoms with E-state index in [2.05, 4.69) is 21.4 Å². The molecular formula is C19H20N6O2. The number of aromatic amines is 1. The minimum Gasteiger partial charge on any atom is -0.364 e. The highest BCUT2D eigenvalue weighted by atomic mass is 16.2. The molecule has 138 valence electrons. The molecule has 0 aliphatic carbocycles. The third-order valence-electron chi connectivity index (χ3n) is 4.79. The zero-order valence-electron chi connectivity index (χ0n) is 14.8. The van der Waals surface area contributed by atoms with Gasteiger partial charge in [-0.25, -0.2) is 0 Å². The van der Waals surface area contributed by atoms with Crippen molar-refractivity contribution in [2.45, 2.75) is 19.4 Å². The Labute approximate surface area is 155 Å². The molecule has 0 spiro atoms. The minimum atomic E-state index is -0.478. The van der Waals surface area contributed by atoms with Gasteiger partial charge in [0.05, 0.1) is 12.7 Å². The molecule has 0 bridgehead atoms. The first kappa shape index (κ1) is 17.0. The van der Waals surface area contributed by atoms with Crippen molar-refractivity contribution < 1.29 is 9.59 Å². The fraction of sp³-hybridized carbons (Fsp3) is 0.263. The molecule has 1 aromatic carbocycles. The lowest BCUT2D eigenvalue weighted by atomic mass is 10.00. The van der Waals surface area contributed by atoms with E-state index in [1.165, 1.54) is 0 Å². The van der Waals surface area contributed by atoms with Crippen molar-refractivity contribution in [1.29, 1.82) is 0 Å². The van der Waals surface area contributed by atoms with Crippen LogP contribution in [0, 0.1) is 0 Å². The van der Waals surface area contributed by atoms with Gasteiger partial charge in [-0.2, -0.15) is 0 Å². The monoisotopic (exact) mass is 364 g/mol. The van der Waals surface area contributed by atoms with Crippen molar-refractivity contribution in [2.75, 3.05) is 13.1 Å². The molecule has 0 saturated heterocycles. The molecule has 0 saturated carbocycles. The second-order valence-corrected chi connectivity index (χ2v) is 6.60. The number of H-pyrrole nitrogens is 1. The van der Waals surface area contributed by atoms with Gasteiger partial charge < -0.3 is 15.6 Å². The van der Waals surface area contributed by atoms with Crippen LogP contribution < -0.4 is 5.73 Å². The van der Waals surface area contributed by atoms with Crippen LogP contribution in [0.4, 0.5) is 0 Å². The number of primary amides is 1. The van der Waals surface area contributed by atoms with E-state index in [4.69, 9.17) is 5.73 Å². The highest BCUT2D eigenvalue weighted by Crippen LogP contribution is 2.25. The van der Waals surface area contributed by atoms with Gasteiger partial charge in [0.25, 0.3) is 5.91 Å². The first-order valence-corrected chi connectivity index (χ1v) is 8.84. The van der Waals surface area contributed by atoms with Crippen molar-refractivity contribution >= 4 is 28.3 Å². The van der Waals surface area contributed by atoms with Crippen molar-refractivity contribution in [3.63, 3.8) is 0 Å². The smallest absolute Gasteiger partial charge is 0.265 e. The fourth-order valence-corrected chi connectivity index (χ4v) is 3.35. The number of rotatable bonds is 5. The molecule has 3 aromatic rings. The highest BCUT2D eigenvalue weighted by Gasteiger charge is 2.19. The molecular weight excluding hydrogens is 344 g/mol. The number of nitrogens with two attached hydrogens (primary N) is 1. The highest BCUT2D eigenvalue weighted by molar-refractivity contribution is 5.97.